The van der Waals surface area contributed by atoms with Gasteiger partial charge in [-0.05, 0) is 37.5 Å². The normalized spacial score (nSPS) is 39.2. The van der Waals surface area contributed by atoms with E-state index in [0.717, 1.165) is 11.8 Å². The maximum atomic E-state index is 6.70. The Morgan fingerprint density at radius 2 is 1.80 bits per heavy atom. The summed E-state index contributed by atoms with van der Waals surface area (Å²) < 4.78 is 0. The molecule has 15 heavy (non-hydrogen) atoms. The van der Waals surface area contributed by atoms with Crippen molar-refractivity contribution < 1.29 is 0 Å². The summed E-state index contributed by atoms with van der Waals surface area (Å²) in [7, 11) is 0. The molecule has 0 aromatic carbocycles. The third-order valence-corrected chi connectivity index (χ3v) is 4.92. The molecule has 2 rings (SSSR count). The average Bonchev–Trinajstić information content (AvgIpc) is 2.30. The van der Waals surface area contributed by atoms with Crippen molar-refractivity contribution in [3.8, 4) is 0 Å². The molecule has 1 heteroatoms. The van der Waals surface area contributed by atoms with Crippen molar-refractivity contribution in [2.45, 2.75) is 76.7 Å². The molecular formula is C14H27N. The number of nitrogens with two attached hydrogens (primary N) is 1. The molecule has 1 nitrogen and oxygen atoms in total. The lowest BCUT2D eigenvalue weighted by Gasteiger charge is -2.45. The van der Waals surface area contributed by atoms with Crippen molar-refractivity contribution in [1.29, 1.82) is 0 Å². The minimum absolute atomic E-state index is 0.222. The molecule has 2 fully saturated rings. The first-order valence-electron chi connectivity index (χ1n) is 7.03. The van der Waals surface area contributed by atoms with Crippen molar-refractivity contribution >= 4 is 0 Å². The van der Waals surface area contributed by atoms with E-state index in [1.807, 2.05) is 0 Å². The van der Waals surface area contributed by atoms with E-state index in [2.05, 4.69) is 6.92 Å². The smallest absolute Gasteiger partial charge is 0.0185 e. The maximum Gasteiger partial charge on any atom is 0.0185 e. The SMILES string of the molecule is CCC1CCCC(N)(C2CCCCC2)C1. The van der Waals surface area contributed by atoms with E-state index in [1.165, 1.54) is 64.2 Å². The lowest BCUT2D eigenvalue weighted by Crippen LogP contribution is -2.51. The summed E-state index contributed by atoms with van der Waals surface area (Å²) in [6.07, 6.45) is 13.9. The predicted molar refractivity (Wildman–Crippen MR) is 65.7 cm³/mol. The van der Waals surface area contributed by atoms with E-state index in [9.17, 15) is 0 Å². The van der Waals surface area contributed by atoms with E-state index < -0.39 is 0 Å². The van der Waals surface area contributed by atoms with Gasteiger partial charge in [-0.1, -0.05) is 45.4 Å². The third kappa shape index (κ3) is 2.55. The van der Waals surface area contributed by atoms with Gasteiger partial charge in [0.2, 0.25) is 0 Å². The minimum Gasteiger partial charge on any atom is -0.325 e. The van der Waals surface area contributed by atoms with Gasteiger partial charge in [-0.15, -0.1) is 0 Å². The molecule has 0 aromatic rings. The van der Waals surface area contributed by atoms with Gasteiger partial charge in [0.1, 0.15) is 0 Å². The molecule has 0 amide bonds. The van der Waals surface area contributed by atoms with Crippen LogP contribution in [0.2, 0.25) is 0 Å². The van der Waals surface area contributed by atoms with E-state index in [0.29, 0.717) is 0 Å². The molecule has 2 aliphatic rings. The molecule has 2 unspecified atom stereocenters. The molecule has 88 valence electrons. The predicted octanol–water partition coefficient (Wildman–Crippen LogP) is 3.86. The number of hydrogen-bond donors (Lipinski definition) is 1. The summed E-state index contributed by atoms with van der Waals surface area (Å²) in [5.74, 6) is 1.77. The van der Waals surface area contributed by atoms with Crippen LogP contribution in [0.15, 0.2) is 0 Å². The molecule has 2 atom stereocenters. The lowest BCUT2D eigenvalue weighted by atomic mass is 9.65. The summed E-state index contributed by atoms with van der Waals surface area (Å²) in [6.45, 7) is 2.33. The second kappa shape index (κ2) is 4.86. The van der Waals surface area contributed by atoms with Gasteiger partial charge in [-0.3, -0.25) is 0 Å². The highest BCUT2D eigenvalue weighted by atomic mass is 14.8. The van der Waals surface area contributed by atoms with Crippen LogP contribution in [0.4, 0.5) is 0 Å². The second-order valence-electron chi connectivity index (χ2n) is 5.94. The quantitative estimate of drug-likeness (QED) is 0.734. The van der Waals surface area contributed by atoms with Gasteiger partial charge in [-0.2, -0.15) is 0 Å². The Labute approximate surface area is 94.8 Å². The summed E-state index contributed by atoms with van der Waals surface area (Å²) in [5, 5.41) is 0. The largest absolute Gasteiger partial charge is 0.325 e. The van der Waals surface area contributed by atoms with Crippen LogP contribution in [0, 0.1) is 11.8 Å². The molecular weight excluding hydrogens is 182 g/mol. The fourth-order valence-electron chi connectivity index (χ4n) is 3.86. The first kappa shape index (κ1) is 11.4. The van der Waals surface area contributed by atoms with Gasteiger partial charge in [-0.25, -0.2) is 0 Å². The Hall–Kier alpha value is -0.0400. The average molecular weight is 209 g/mol. The van der Waals surface area contributed by atoms with Gasteiger partial charge in [0, 0.05) is 5.54 Å². The highest BCUT2D eigenvalue weighted by molar-refractivity contribution is 4.96. The number of rotatable bonds is 2. The zero-order valence-corrected chi connectivity index (χ0v) is 10.3. The number of hydrogen-bond acceptors (Lipinski definition) is 1. The Balaban J connectivity index is 1.97. The van der Waals surface area contributed by atoms with Gasteiger partial charge < -0.3 is 5.73 Å². The third-order valence-electron chi connectivity index (χ3n) is 4.92. The van der Waals surface area contributed by atoms with Crippen LogP contribution < -0.4 is 5.73 Å². The standard InChI is InChI=1S/C14H27N/c1-2-12-7-6-10-14(15,11-12)13-8-4-3-5-9-13/h12-13H,2-11,15H2,1H3. The molecule has 0 radical (unpaired) electrons. The Bertz CT molecular complexity index is 196. The van der Waals surface area contributed by atoms with Crippen LogP contribution in [0.1, 0.15) is 71.1 Å². The second-order valence-corrected chi connectivity index (χ2v) is 5.94. The van der Waals surface area contributed by atoms with Crippen molar-refractivity contribution in [3.05, 3.63) is 0 Å². The van der Waals surface area contributed by atoms with Crippen LogP contribution in [0.3, 0.4) is 0 Å². The summed E-state index contributed by atoms with van der Waals surface area (Å²) in [6, 6.07) is 0. The van der Waals surface area contributed by atoms with Crippen LogP contribution >= 0.6 is 0 Å². The van der Waals surface area contributed by atoms with Gasteiger partial charge in [0.25, 0.3) is 0 Å². The molecule has 0 saturated heterocycles. The topological polar surface area (TPSA) is 26.0 Å². The van der Waals surface area contributed by atoms with Crippen molar-refractivity contribution in [3.63, 3.8) is 0 Å². The van der Waals surface area contributed by atoms with E-state index in [-0.39, 0.29) is 5.54 Å². The molecule has 2 aliphatic carbocycles. The highest BCUT2D eigenvalue weighted by Gasteiger charge is 2.39. The first-order valence-corrected chi connectivity index (χ1v) is 7.03. The summed E-state index contributed by atoms with van der Waals surface area (Å²) in [5.41, 5.74) is 6.92. The zero-order chi connectivity index (χ0) is 10.7. The summed E-state index contributed by atoms with van der Waals surface area (Å²) >= 11 is 0. The lowest BCUT2D eigenvalue weighted by molar-refractivity contribution is 0.120. The molecule has 2 N–H and O–H groups in total. The van der Waals surface area contributed by atoms with Crippen molar-refractivity contribution in [2.24, 2.45) is 17.6 Å². The fourth-order valence-corrected chi connectivity index (χ4v) is 3.86. The zero-order valence-electron chi connectivity index (χ0n) is 10.3. The molecule has 0 bridgehead atoms. The molecule has 0 heterocycles. The van der Waals surface area contributed by atoms with Crippen LogP contribution in [-0.4, -0.2) is 5.54 Å². The van der Waals surface area contributed by atoms with E-state index in [1.54, 1.807) is 0 Å². The van der Waals surface area contributed by atoms with Gasteiger partial charge in [0.05, 0.1) is 0 Å². The van der Waals surface area contributed by atoms with Crippen LogP contribution in [0.5, 0.6) is 0 Å². The van der Waals surface area contributed by atoms with Crippen LogP contribution in [-0.2, 0) is 0 Å². The van der Waals surface area contributed by atoms with Crippen molar-refractivity contribution in [1.82, 2.24) is 0 Å². The Morgan fingerprint density at radius 3 is 2.47 bits per heavy atom. The minimum atomic E-state index is 0.222. The molecule has 0 aromatic heterocycles. The van der Waals surface area contributed by atoms with Gasteiger partial charge >= 0.3 is 0 Å². The molecule has 2 saturated carbocycles. The molecule has 0 spiro atoms. The van der Waals surface area contributed by atoms with E-state index in [4.69, 9.17) is 5.73 Å². The highest BCUT2D eigenvalue weighted by Crippen LogP contribution is 2.42. The van der Waals surface area contributed by atoms with Gasteiger partial charge in [0.15, 0.2) is 0 Å². The monoisotopic (exact) mass is 209 g/mol. The first-order chi connectivity index (χ1) is 7.24. The Morgan fingerprint density at radius 1 is 1.07 bits per heavy atom. The molecule has 0 aliphatic heterocycles. The van der Waals surface area contributed by atoms with E-state index >= 15 is 0 Å². The Kier molecular flexibility index (Phi) is 3.71. The maximum absolute atomic E-state index is 6.70. The summed E-state index contributed by atoms with van der Waals surface area (Å²) in [4.78, 5) is 0. The van der Waals surface area contributed by atoms with Crippen LogP contribution in [0.25, 0.3) is 0 Å². The van der Waals surface area contributed by atoms with Crippen molar-refractivity contribution in [2.75, 3.05) is 0 Å². The fraction of sp³-hybridized carbons (Fsp3) is 1.00.